The summed E-state index contributed by atoms with van der Waals surface area (Å²) in [5.74, 6) is 0.242. The Bertz CT molecular complexity index is 348. The van der Waals surface area contributed by atoms with Crippen molar-refractivity contribution in [3.63, 3.8) is 0 Å². The lowest BCUT2D eigenvalue weighted by Crippen LogP contribution is -2.32. The fraction of sp³-hybridized carbons (Fsp3) is 0.583. The lowest BCUT2D eigenvalue weighted by molar-refractivity contribution is 0.0941. The van der Waals surface area contributed by atoms with Crippen molar-refractivity contribution in [2.45, 2.75) is 38.8 Å². The molecule has 1 aromatic rings. The molecule has 3 heteroatoms. The summed E-state index contributed by atoms with van der Waals surface area (Å²) < 4.78 is 2.04. The summed E-state index contributed by atoms with van der Waals surface area (Å²) in [7, 11) is 0. The van der Waals surface area contributed by atoms with Gasteiger partial charge in [-0.2, -0.15) is 0 Å². The van der Waals surface area contributed by atoms with Gasteiger partial charge in [-0.25, -0.2) is 0 Å². The molecule has 0 saturated carbocycles. The molecule has 2 rings (SSSR count). The molecule has 0 spiro atoms. The van der Waals surface area contributed by atoms with Crippen LogP contribution in [0.25, 0.3) is 0 Å². The Morgan fingerprint density at radius 1 is 1.60 bits per heavy atom. The maximum Gasteiger partial charge on any atom is 0.196 e. The highest BCUT2D eigenvalue weighted by molar-refractivity contribution is 5.99. The molecule has 0 radical (unpaired) electrons. The molecule has 2 heterocycles. The first-order chi connectivity index (χ1) is 7.20. The van der Waals surface area contributed by atoms with Crippen LogP contribution in [0.4, 0.5) is 0 Å². The molecule has 1 aliphatic heterocycles. The maximum absolute atomic E-state index is 12.1. The van der Waals surface area contributed by atoms with Crippen LogP contribution in [-0.2, 0) is 0 Å². The van der Waals surface area contributed by atoms with E-state index in [9.17, 15) is 4.79 Å². The number of carbonyl (C=O) groups is 1. The average molecular weight is 206 g/mol. The fourth-order valence-corrected chi connectivity index (χ4v) is 2.14. The normalized spacial score (nSPS) is 21.1. The minimum atomic E-state index is 0.0393. The van der Waals surface area contributed by atoms with Gasteiger partial charge >= 0.3 is 0 Å². The van der Waals surface area contributed by atoms with E-state index in [4.69, 9.17) is 0 Å². The van der Waals surface area contributed by atoms with Crippen molar-refractivity contribution in [3.8, 4) is 0 Å². The van der Waals surface area contributed by atoms with E-state index >= 15 is 0 Å². The van der Waals surface area contributed by atoms with Gasteiger partial charge in [0, 0.05) is 12.2 Å². The molecular weight excluding hydrogens is 188 g/mol. The SMILES string of the molecule is CC(C)n1cccc1C(=O)C1CCCN1. The van der Waals surface area contributed by atoms with Crippen molar-refractivity contribution in [1.29, 1.82) is 0 Å². The van der Waals surface area contributed by atoms with Crippen LogP contribution >= 0.6 is 0 Å². The van der Waals surface area contributed by atoms with E-state index in [0.29, 0.717) is 6.04 Å². The van der Waals surface area contributed by atoms with Crippen molar-refractivity contribution < 1.29 is 4.79 Å². The molecule has 1 aliphatic rings. The van der Waals surface area contributed by atoms with E-state index in [0.717, 1.165) is 25.1 Å². The van der Waals surface area contributed by atoms with Crippen LogP contribution < -0.4 is 5.32 Å². The topological polar surface area (TPSA) is 34.0 Å². The number of carbonyl (C=O) groups excluding carboxylic acids is 1. The molecular formula is C12H18N2O. The summed E-state index contributed by atoms with van der Waals surface area (Å²) in [6.45, 7) is 5.16. The van der Waals surface area contributed by atoms with Gasteiger partial charge in [0.15, 0.2) is 5.78 Å². The first-order valence-corrected chi connectivity index (χ1v) is 5.64. The molecule has 0 bridgehead atoms. The van der Waals surface area contributed by atoms with Crippen molar-refractivity contribution in [1.82, 2.24) is 9.88 Å². The quantitative estimate of drug-likeness (QED) is 0.767. The molecule has 1 fully saturated rings. The zero-order valence-corrected chi connectivity index (χ0v) is 9.36. The van der Waals surface area contributed by atoms with E-state index in [-0.39, 0.29) is 11.8 Å². The predicted octanol–water partition coefficient (Wildman–Crippen LogP) is 2.00. The Morgan fingerprint density at radius 2 is 2.40 bits per heavy atom. The first kappa shape index (κ1) is 10.4. The lowest BCUT2D eigenvalue weighted by Gasteiger charge is -2.15. The second-order valence-corrected chi connectivity index (χ2v) is 4.41. The van der Waals surface area contributed by atoms with Crippen LogP contribution in [0.2, 0.25) is 0 Å². The Morgan fingerprint density at radius 3 is 3.00 bits per heavy atom. The Hall–Kier alpha value is -1.09. The third-order valence-corrected chi connectivity index (χ3v) is 2.96. The second kappa shape index (κ2) is 4.19. The van der Waals surface area contributed by atoms with Crippen LogP contribution in [0.15, 0.2) is 18.3 Å². The standard InChI is InChI=1S/C12H18N2O/c1-9(2)14-8-4-6-11(14)12(15)10-5-3-7-13-10/h4,6,8-10,13H,3,5,7H2,1-2H3. The summed E-state index contributed by atoms with van der Waals surface area (Å²) in [6.07, 6.45) is 4.06. The molecule has 3 nitrogen and oxygen atoms in total. The van der Waals surface area contributed by atoms with Crippen LogP contribution in [-0.4, -0.2) is 22.9 Å². The number of hydrogen-bond acceptors (Lipinski definition) is 2. The van der Waals surface area contributed by atoms with Gasteiger partial charge in [0.2, 0.25) is 0 Å². The molecule has 82 valence electrons. The highest BCUT2D eigenvalue weighted by atomic mass is 16.1. The Labute approximate surface area is 90.5 Å². The smallest absolute Gasteiger partial charge is 0.196 e. The number of aromatic nitrogens is 1. The highest BCUT2D eigenvalue weighted by Crippen LogP contribution is 2.16. The largest absolute Gasteiger partial charge is 0.343 e. The summed E-state index contributed by atoms with van der Waals surface area (Å²) >= 11 is 0. The second-order valence-electron chi connectivity index (χ2n) is 4.41. The van der Waals surface area contributed by atoms with E-state index < -0.39 is 0 Å². The number of rotatable bonds is 3. The van der Waals surface area contributed by atoms with Gasteiger partial charge in [0.05, 0.1) is 11.7 Å². The van der Waals surface area contributed by atoms with Gasteiger partial charge < -0.3 is 9.88 Å². The molecule has 0 amide bonds. The van der Waals surface area contributed by atoms with Crippen LogP contribution in [0, 0.1) is 0 Å². The number of ketones is 1. The van der Waals surface area contributed by atoms with E-state index in [1.165, 1.54) is 0 Å². The van der Waals surface area contributed by atoms with E-state index in [1.54, 1.807) is 0 Å². The molecule has 0 aliphatic carbocycles. The van der Waals surface area contributed by atoms with Gasteiger partial charge in [-0.05, 0) is 45.4 Å². The Kier molecular flexibility index (Phi) is 2.91. The molecule has 1 saturated heterocycles. The molecule has 1 atom stereocenters. The van der Waals surface area contributed by atoms with Crippen LogP contribution in [0.3, 0.4) is 0 Å². The van der Waals surface area contributed by atoms with Gasteiger partial charge in [0.1, 0.15) is 0 Å². The molecule has 1 N–H and O–H groups in total. The predicted molar refractivity (Wildman–Crippen MR) is 60.2 cm³/mol. The van der Waals surface area contributed by atoms with Crippen molar-refractivity contribution in [2.75, 3.05) is 6.54 Å². The van der Waals surface area contributed by atoms with Crippen LogP contribution in [0.5, 0.6) is 0 Å². The zero-order chi connectivity index (χ0) is 10.8. The summed E-state index contributed by atoms with van der Waals surface area (Å²) in [5, 5.41) is 3.25. The lowest BCUT2D eigenvalue weighted by atomic mass is 10.1. The van der Waals surface area contributed by atoms with Crippen LogP contribution in [0.1, 0.15) is 43.2 Å². The maximum atomic E-state index is 12.1. The molecule has 0 aromatic carbocycles. The summed E-state index contributed by atoms with van der Waals surface area (Å²) in [4.78, 5) is 12.1. The number of nitrogens with one attached hydrogen (secondary N) is 1. The van der Waals surface area contributed by atoms with Gasteiger partial charge in [-0.3, -0.25) is 4.79 Å². The van der Waals surface area contributed by atoms with E-state index in [1.807, 2.05) is 22.9 Å². The Balaban J connectivity index is 2.20. The third-order valence-electron chi connectivity index (χ3n) is 2.96. The number of hydrogen-bond donors (Lipinski definition) is 1. The average Bonchev–Trinajstić information content (AvgIpc) is 2.88. The van der Waals surface area contributed by atoms with Crippen molar-refractivity contribution >= 4 is 5.78 Å². The van der Waals surface area contributed by atoms with Gasteiger partial charge in [-0.15, -0.1) is 0 Å². The van der Waals surface area contributed by atoms with E-state index in [2.05, 4.69) is 19.2 Å². The monoisotopic (exact) mass is 206 g/mol. The highest BCUT2D eigenvalue weighted by Gasteiger charge is 2.25. The summed E-state index contributed by atoms with van der Waals surface area (Å²) in [5.41, 5.74) is 0.837. The van der Waals surface area contributed by atoms with Gasteiger partial charge in [-0.1, -0.05) is 0 Å². The molecule has 1 aromatic heterocycles. The third kappa shape index (κ3) is 1.97. The molecule has 15 heavy (non-hydrogen) atoms. The van der Waals surface area contributed by atoms with Crippen molar-refractivity contribution in [3.05, 3.63) is 24.0 Å². The van der Waals surface area contributed by atoms with Crippen molar-refractivity contribution in [2.24, 2.45) is 0 Å². The minimum Gasteiger partial charge on any atom is -0.343 e. The van der Waals surface area contributed by atoms with Gasteiger partial charge in [0.25, 0.3) is 0 Å². The molecule has 1 unspecified atom stereocenters. The fourth-order valence-electron chi connectivity index (χ4n) is 2.14. The zero-order valence-electron chi connectivity index (χ0n) is 9.36. The summed E-state index contributed by atoms with van der Waals surface area (Å²) in [6, 6.07) is 4.25. The minimum absolute atomic E-state index is 0.0393. The number of nitrogens with zero attached hydrogens (tertiary/aromatic N) is 1. The number of Topliss-reactive ketones (excluding diaryl/α,β-unsaturated/α-hetero) is 1. The first-order valence-electron chi connectivity index (χ1n) is 5.64.